The molecule has 0 bridgehead atoms. The van der Waals surface area contributed by atoms with E-state index in [0.717, 1.165) is 24.5 Å². The minimum absolute atomic E-state index is 0.147. The fourth-order valence-electron chi connectivity index (χ4n) is 2.60. The molecular weight excluding hydrogens is 260 g/mol. The van der Waals surface area contributed by atoms with E-state index in [1.165, 1.54) is 0 Å². The van der Waals surface area contributed by atoms with Gasteiger partial charge in [-0.1, -0.05) is 0 Å². The summed E-state index contributed by atoms with van der Waals surface area (Å²) in [5.41, 5.74) is 2.21. The molecule has 0 saturated carbocycles. The van der Waals surface area contributed by atoms with Crippen molar-refractivity contribution in [2.24, 2.45) is 5.92 Å². The van der Waals surface area contributed by atoms with Crippen LogP contribution in [0.25, 0.3) is 0 Å². The summed E-state index contributed by atoms with van der Waals surface area (Å²) in [6.45, 7) is 3.19. The van der Waals surface area contributed by atoms with Crippen LogP contribution < -0.4 is 10.2 Å². The summed E-state index contributed by atoms with van der Waals surface area (Å²) >= 11 is 0. The van der Waals surface area contributed by atoms with Crippen molar-refractivity contribution in [1.82, 2.24) is 0 Å². The molecule has 106 valence electrons. The van der Waals surface area contributed by atoms with Crippen LogP contribution >= 0.6 is 0 Å². The Morgan fingerprint density at radius 3 is 2.80 bits per heavy atom. The van der Waals surface area contributed by atoms with Crippen molar-refractivity contribution >= 4 is 23.1 Å². The Bertz CT molecular complexity index is 552. The SMILES string of the molecule is O=C(O)C1CNc2cc(N3CCOCC3)ccc2C1=O. The van der Waals surface area contributed by atoms with Crippen LogP contribution in [0.5, 0.6) is 0 Å². The van der Waals surface area contributed by atoms with Crippen LogP contribution in [0.2, 0.25) is 0 Å². The second-order valence-corrected chi connectivity index (χ2v) is 4.97. The van der Waals surface area contributed by atoms with Crippen molar-refractivity contribution < 1.29 is 19.4 Å². The van der Waals surface area contributed by atoms with Gasteiger partial charge in [-0.25, -0.2) is 0 Å². The average Bonchev–Trinajstić information content (AvgIpc) is 2.48. The molecule has 1 aromatic carbocycles. The molecule has 0 radical (unpaired) electrons. The molecule has 6 heteroatoms. The van der Waals surface area contributed by atoms with Gasteiger partial charge in [0.05, 0.1) is 13.2 Å². The van der Waals surface area contributed by atoms with Gasteiger partial charge in [-0.2, -0.15) is 0 Å². The number of hydrogen-bond donors (Lipinski definition) is 2. The molecule has 0 spiro atoms. The van der Waals surface area contributed by atoms with E-state index in [2.05, 4.69) is 10.2 Å². The Morgan fingerprint density at radius 1 is 1.35 bits per heavy atom. The van der Waals surface area contributed by atoms with Crippen molar-refractivity contribution in [2.45, 2.75) is 0 Å². The number of morpholine rings is 1. The summed E-state index contributed by atoms with van der Waals surface area (Å²) in [7, 11) is 0. The molecule has 1 unspecified atom stereocenters. The number of ketones is 1. The highest BCUT2D eigenvalue weighted by atomic mass is 16.5. The third-order valence-corrected chi connectivity index (χ3v) is 3.76. The lowest BCUT2D eigenvalue weighted by atomic mass is 9.92. The predicted molar refractivity (Wildman–Crippen MR) is 73.4 cm³/mol. The second kappa shape index (κ2) is 5.13. The van der Waals surface area contributed by atoms with E-state index in [1.54, 1.807) is 6.07 Å². The first-order valence-electron chi connectivity index (χ1n) is 6.64. The summed E-state index contributed by atoms with van der Waals surface area (Å²) in [5.74, 6) is -2.39. The Morgan fingerprint density at radius 2 is 2.10 bits per heavy atom. The number of carbonyl (C=O) groups excluding carboxylic acids is 1. The van der Waals surface area contributed by atoms with E-state index >= 15 is 0 Å². The quantitative estimate of drug-likeness (QED) is 0.779. The number of carbonyl (C=O) groups is 2. The third-order valence-electron chi connectivity index (χ3n) is 3.76. The summed E-state index contributed by atoms with van der Waals surface area (Å²) in [4.78, 5) is 25.3. The maximum atomic E-state index is 12.1. The van der Waals surface area contributed by atoms with Crippen molar-refractivity contribution in [2.75, 3.05) is 43.1 Å². The lowest BCUT2D eigenvalue weighted by Gasteiger charge is -2.30. The van der Waals surface area contributed by atoms with Gasteiger partial charge >= 0.3 is 5.97 Å². The number of carboxylic acids is 1. The summed E-state index contributed by atoms with van der Waals surface area (Å²) in [5, 5.41) is 12.1. The molecule has 2 N–H and O–H groups in total. The monoisotopic (exact) mass is 276 g/mol. The number of hydrogen-bond acceptors (Lipinski definition) is 5. The molecule has 6 nitrogen and oxygen atoms in total. The van der Waals surface area contributed by atoms with Crippen LogP contribution in [0.3, 0.4) is 0 Å². The second-order valence-electron chi connectivity index (χ2n) is 4.97. The van der Waals surface area contributed by atoms with Gasteiger partial charge in [0.25, 0.3) is 0 Å². The van der Waals surface area contributed by atoms with Crippen molar-refractivity contribution in [3.05, 3.63) is 23.8 Å². The normalized spacial score (nSPS) is 22.1. The van der Waals surface area contributed by atoms with Gasteiger partial charge in [0.15, 0.2) is 5.78 Å². The standard InChI is InChI=1S/C14H16N2O4/c17-13-10-2-1-9(16-3-5-20-6-4-16)7-12(10)15-8-11(13)14(18)19/h1-2,7,11,15H,3-6,8H2,(H,18,19). The van der Waals surface area contributed by atoms with Crippen LogP contribution in [0, 0.1) is 5.92 Å². The number of ether oxygens (including phenoxy) is 1. The number of aliphatic carboxylic acids is 1. The molecule has 1 atom stereocenters. The zero-order valence-electron chi connectivity index (χ0n) is 11.0. The zero-order valence-corrected chi connectivity index (χ0v) is 11.0. The largest absolute Gasteiger partial charge is 0.481 e. The maximum absolute atomic E-state index is 12.1. The number of anilines is 2. The van der Waals surface area contributed by atoms with Gasteiger partial charge in [0, 0.05) is 36.6 Å². The van der Waals surface area contributed by atoms with Crippen molar-refractivity contribution in [3.8, 4) is 0 Å². The van der Waals surface area contributed by atoms with E-state index in [0.29, 0.717) is 18.8 Å². The number of carboxylic acid groups (broad SMARTS) is 1. The van der Waals surface area contributed by atoms with E-state index in [1.807, 2.05) is 12.1 Å². The maximum Gasteiger partial charge on any atom is 0.316 e. The van der Waals surface area contributed by atoms with Gasteiger partial charge in [0.2, 0.25) is 0 Å². The Kier molecular flexibility index (Phi) is 3.31. The fourth-order valence-corrected chi connectivity index (χ4v) is 2.60. The van der Waals surface area contributed by atoms with E-state index in [9.17, 15) is 9.59 Å². The first-order valence-corrected chi connectivity index (χ1v) is 6.64. The van der Waals surface area contributed by atoms with Gasteiger partial charge in [-0.05, 0) is 18.2 Å². The molecule has 0 aromatic heterocycles. The zero-order chi connectivity index (χ0) is 14.1. The van der Waals surface area contributed by atoms with Gasteiger partial charge in [0.1, 0.15) is 5.92 Å². The summed E-state index contributed by atoms with van der Waals surface area (Å²) in [6.07, 6.45) is 0. The molecule has 20 heavy (non-hydrogen) atoms. The van der Waals surface area contributed by atoms with Gasteiger partial charge in [-0.3, -0.25) is 9.59 Å². The molecule has 3 rings (SSSR count). The Hall–Kier alpha value is -2.08. The highest BCUT2D eigenvalue weighted by molar-refractivity contribution is 6.13. The number of fused-ring (bicyclic) bond motifs is 1. The minimum atomic E-state index is -1.08. The van der Waals surface area contributed by atoms with E-state index < -0.39 is 11.9 Å². The predicted octanol–water partition coefficient (Wildman–Crippen LogP) is 0.832. The van der Waals surface area contributed by atoms with Crippen LogP contribution in [0.15, 0.2) is 18.2 Å². The first kappa shape index (κ1) is 12.9. The number of Topliss-reactive ketones (excluding diaryl/α,β-unsaturated/α-hetero) is 1. The van der Waals surface area contributed by atoms with Gasteiger partial charge < -0.3 is 20.1 Å². The minimum Gasteiger partial charge on any atom is -0.481 e. The lowest BCUT2D eigenvalue weighted by Crippen LogP contribution is -2.37. The van der Waals surface area contributed by atoms with Crippen LogP contribution in [-0.2, 0) is 9.53 Å². The Balaban J connectivity index is 1.87. The molecule has 1 fully saturated rings. The lowest BCUT2D eigenvalue weighted by molar-refractivity contribution is -0.139. The van der Waals surface area contributed by atoms with Crippen LogP contribution in [-0.4, -0.2) is 49.7 Å². The number of nitrogens with zero attached hydrogens (tertiary/aromatic N) is 1. The van der Waals surface area contributed by atoms with Crippen LogP contribution in [0.4, 0.5) is 11.4 Å². The van der Waals surface area contributed by atoms with Gasteiger partial charge in [-0.15, -0.1) is 0 Å². The third kappa shape index (κ3) is 2.22. The van der Waals surface area contributed by atoms with E-state index in [4.69, 9.17) is 9.84 Å². The van der Waals surface area contributed by atoms with Crippen LogP contribution in [0.1, 0.15) is 10.4 Å². The molecule has 2 aliphatic rings. The highest BCUT2D eigenvalue weighted by Gasteiger charge is 2.32. The molecule has 1 aromatic rings. The number of benzene rings is 1. The molecular formula is C14H16N2O4. The smallest absolute Gasteiger partial charge is 0.316 e. The van der Waals surface area contributed by atoms with Crippen molar-refractivity contribution in [3.63, 3.8) is 0 Å². The molecule has 2 aliphatic heterocycles. The molecule has 0 amide bonds. The number of rotatable bonds is 2. The molecule has 2 heterocycles. The average molecular weight is 276 g/mol. The molecule has 1 saturated heterocycles. The molecule has 0 aliphatic carbocycles. The number of nitrogens with one attached hydrogen (secondary N) is 1. The highest BCUT2D eigenvalue weighted by Crippen LogP contribution is 2.29. The summed E-state index contributed by atoms with van der Waals surface area (Å²) in [6, 6.07) is 5.50. The van der Waals surface area contributed by atoms with E-state index in [-0.39, 0.29) is 12.3 Å². The summed E-state index contributed by atoms with van der Waals surface area (Å²) < 4.78 is 5.31. The fraction of sp³-hybridized carbons (Fsp3) is 0.429. The first-order chi connectivity index (χ1) is 9.66. The Labute approximate surface area is 116 Å². The topological polar surface area (TPSA) is 78.9 Å². The van der Waals surface area contributed by atoms with Crippen molar-refractivity contribution in [1.29, 1.82) is 0 Å².